The fraction of sp³-hybridized carbons (Fsp3) is 0.538. The van der Waals surface area contributed by atoms with Gasteiger partial charge in [-0.3, -0.25) is 4.98 Å². The van der Waals surface area contributed by atoms with Gasteiger partial charge in [0.05, 0.1) is 6.61 Å². The van der Waals surface area contributed by atoms with Gasteiger partial charge in [0.15, 0.2) is 0 Å². The van der Waals surface area contributed by atoms with Crippen molar-refractivity contribution >= 4 is 17.7 Å². The minimum atomic E-state index is -0.247. The number of likely N-dealkylation sites (tertiary alicyclic amines) is 1. The molecule has 0 unspecified atom stereocenters. The highest BCUT2D eigenvalue weighted by Crippen LogP contribution is 2.25. The van der Waals surface area contributed by atoms with E-state index < -0.39 is 0 Å². The summed E-state index contributed by atoms with van der Waals surface area (Å²) in [7, 11) is 0. The molecule has 0 spiro atoms. The van der Waals surface area contributed by atoms with Crippen LogP contribution in [0.25, 0.3) is 0 Å². The smallest absolute Gasteiger partial charge is 0.409 e. The maximum Gasteiger partial charge on any atom is 0.409 e. The molecule has 6 heteroatoms. The predicted octanol–water partition coefficient (Wildman–Crippen LogP) is 2.73. The first-order chi connectivity index (χ1) is 9.20. The minimum Gasteiger partial charge on any atom is -0.489 e. The van der Waals surface area contributed by atoms with Gasteiger partial charge in [-0.15, -0.1) is 0 Å². The molecule has 1 aromatic rings. The van der Waals surface area contributed by atoms with Crippen molar-refractivity contribution in [3.05, 3.63) is 23.5 Å². The molecule has 0 aromatic carbocycles. The number of amides is 1. The van der Waals surface area contributed by atoms with Crippen molar-refractivity contribution in [1.29, 1.82) is 0 Å². The Morgan fingerprint density at radius 3 is 2.89 bits per heavy atom. The first-order valence-corrected chi connectivity index (χ1v) is 6.76. The van der Waals surface area contributed by atoms with Crippen LogP contribution in [-0.2, 0) is 4.74 Å². The third kappa shape index (κ3) is 3.73. The van der Waals surface area contributed by atoms with E-state index in [4.69, 9.17) is 21.1 Å². The fourth-order valence-electron chi connectivity index (χ4n) is 2.01. The standard InChI is InChI=1S/C13H17ClN2O3/c1-2-18-13(17)16-7-4-10(5-8-16)19-12-3-6-15-9-11(12)14/h3,6,9-10H,2,4-5,7-8H2,1H3. The van der Waals surface area contributed by atoms with Crippen molar-refractivity contribution in [2.75, 3.05) is 19.7 Å². The van der Waals surface area contributed by atoms with E-state index in [1.54, 1.807) is 30.3 Å². The summed E-state index contributed by atoms with van der Waals surface area (Å²) in [6.45, 7) is 3.50. The van der Waals surface area contributed by atoms with Gasteiger partial charge in [0.25, 0.3) is 0 Å². The summed E-state index contributed by atoms with van der Waals surface area (Å²) in [4.78, 5) is 17.2. The summed E-state index contributed by atoms with van der Waals surface area (Å²) in [6, 6.07) is 1.75. The molecule has 1 fully saturated rings. The molecule has 1 saturated heterocycles. The topological polar surface area (TPSA) is 51.7 Å². The van der Waals surface area contributed by atoms with E-state index in [9.17, 15) is 4.79 Å². The molecular weight excluding hydrogens is 268 g/mol. The molecule has 0 bridgehead atoms. The monoisotopic (exact) mass is 284 g/mol. The van der Waals surface area contributed by atoms with Gasteiger partial charge in [0, 0.05) is 44.4 Å². The zero-order valence-corrected chi connectivity index (χ0v) is 11.6. The lowest BCUT2D eigenvalue weighted by molar-refractivity contribution is 0.0703. The first kappa shape index (κ1) is 13.9. The van der Waals surface area contributed by atoms with Crippen LogP contribution in [-0.4, -0.2) is 41.8 Å². The van der Waals surface area contributed by atoms with Crippen LogP contribution in [0.2, 0.25) is 5.02 Å². The maximum atomic E-state index is 11.6. The van der Waals surface area contributed by atoms with Crippen LogP contribution in [0.3, 0.4) is 0 Å². The molecule has 0 radical (unpaired) electrons. The first-order valence-electron chi connectivity index (χ1n) is 6.38. The average Bonchev–Trinajstić information content (AvgIpc) is 2.42. The number of rotatable bonds is 3. The van der Waals surface area contributed by atoms with E-state index in [0.29, 0.717) is 30.5 Å². The van der Waals surface area contributed by atoms with Gasteiger partial charge < -0.3 is 14.4 Å². The molecule has 0 atom stereocenters. The SMILES string of the molecule is CCOC(=O)N1CCC(Oc2ccncc2Cl)CC1. The van der Waals surface area contributed by atoms with Gasteiger partial charge in [-0.25, -0.2) is 4.79 Å². The Bertz CT molecular complexity index is 434. The largest absolute Gasteiger partial charge is 0.489 e. The van der Waals surface area contributed by atoms with Crippen molar-refractivity contribution in [2.24, 2.45) is 0 Å². The molecule has 1 aliphatic rings. The van der Waals surface area contributed by atoms with Gasteiger partial charge in [-0.1, -0.05) is 11.6 Å². The second-order valence-corrected chi connectivity index (χ2v) is 4.72. The number of hydrogen-bond donors (Lipinski definition) is 0. The Labute approximate surface area is 117 Å². The molecule has 1 aliphatic heterocycles. The lowest BCUT2D eigenvalue weighted by Gasteiger charge is -2.31. The number of pyridine rings is 1. The lowest BCUT2D eigenvalue weighted by Crippen LogP contribution is -2.42. The number of nitrogens with zero attached hydrogens (tertiary/aromatic N) is 2. The normalized spacial score (nSPS) is 16.2. The second kappa shape index (κ2) is 6.61. The summed E-state index contributed by atoms with van der Waals surface area (Å²) < 4.78 is 10.8. The number of ether oxygens (including phenoxy) is 2. The van der Waals surface area contributed by atoms with Gasteiger partial charge in [-0.2, -0.15) is 0 Å². The molecule has 0 aliphatic carbocycles. The Hall–Kier alpha value is -1.49. The number of hydrogen-bond acceptors (Lipinski definition) is 4. The van der Waals surface area contributed by atoms with Crippen molar-refractivity contribution in [1.82, 2.24) is 9.88 Å². The fourth-order valence-corrected chi connectivity index (χ4v) is 2.17. The third-order valence-corrected chi connectivity index (χ3v) is 3.28. The van der Waals surface area contributed by atoms with E-state index in [2.05, 4.69) is 4.98 Å². The maximum absolute atomic E-state index is 11.6. The molecule has 2 rings (SSSR count). The number of carbonyl (C=O) groups excluding carboxylic acids is 1. The van der Waals surface area contributed by atoms with Crippen molar-refractivity contribution in [2.45, 2.75) is 25.9 Å². The van der Waals surface area contributed by atoms with E-state index in [0.717, 1.165) is 12.8 Å². The van der Waals surface area contributed by atoms with E-state index >= 15 is 0 Å². The molecule has 0 saturated carbocycles. The predicted molar refractivity (Wildman–Crippen MR) is 71.5 cm³/mol. The van der Waals surface area contributed by atoms with Crippen molar-refractivity contribution in [3.63, 3.8) is 0 Å². The summed E-state index contributed by atoms with van der Waals surface area (Å²) in [5, 5.41) is 0.510. The molecule has 1 aromatic heterocycles. The Morgan fingerprint density at radius 2 is 2.26 bits per heavy atom. The zero-order chi connectivity index (χ0) is 13.7. The van der Waals surface area contributed by atoms with Crippen LogP contribution in [0.15, 0.2) is 18.5 Å². The Balaban J connectivity index is 1.84. The molecule has 1 amide bonds. The average molecular weight is 285 g/mol. The molecular formula is C13H17ClN2O3. The quantitative estimate of drug-likeness (QED) is 0.856. The highest BCUT2D eigenvalue weighted by atomic mass is 35.5. The summed E-state index contributed by atoms with van der Waals surface area (Å²) in [6.07, 6.45) is 4.59. The Kier molecular flexibility index (Phi) is 4.85. The minimum absolute atomic E-state index is 0.0746. The van der Waals surface area contributed by atoms with Crippen LogP contribution in [0.1, 0.15) is 19.8 Å². The van der Waals surface area contributed by atoms with Crippen molar-refractivity contribution < 1.29 is 14.3 Å². The number of carbonyl (C=O) groups is 1. The van der Waals surface area contributed by atoms with Crippen molar-refractivity contribution in [3.8, 4) is 5.75 Å². The summed E-state index contributed by atoms with van der Waals surface area (Å²) in [5.41, 5.74) is 0. The number of piperidine rings is 1. The molecule has 5 nitrogen and oxygen atoms in total. The molecule has 0 N–H and O–H groups in total. The van der Waals surface area contributed by atoms with Gasteiger partial charge in [0.2, 0.25) is 0 Å². The van der Waals surface area contributed by atoms with Crippen LogP contribution in [0.5, 0.6) is 5.75 Å². The van der Waals surface area contributed by atoms with E-state index in [1.807, 2.05) is 0 Å². The lowest BCUT2D eigenvalue weighted by atomic mass is 10.1. The van der Waals surface area contributed by atoms with Gasteiger partial charge in [0.1, 0.15) is 16.9 Å². The van der Waals surface area contributed by atoms with Gasteiger partial charge in [-0.05, 0) is 6.92 Å². The van der Waals surface area contributed by atoms with Gasteiger partial charge >= 0.3 is 6.09 Å². The highest BCUT2D eigenvalue weighted by Gasteiger charge is 2.24. The van der Waals surface area contributed by atoms with Crippen LogP contribution >= 0.6 is 11.6 Å². The van der Waals surface area contributed by atoms with Crippen LogP contribution < -0.4 is 4.74 Å². The number of aromatic nitrogens is 1. The van der Waals surface area contributed by atoms with E-state index in [1.165, 1.54) is 0 Å². The molecule has 19 heavy (non-hydrogen) atoms. The third-order valence-electron chi connectivity index (χ3n) is 3.00. The highest BCUT2D eigenvalue weighted by molar-refractivity contribution is 6.31. The zero-order valence-electron chi connectivity index (χ0n) is 10.8. The molecule has 104 valence electrons. The number of halogens is 1. The molecule has 2 heterocycles. The summed E-state index contributed by atoms with van der Waals surface area (Å²) in [5.74, 6) is 0.645. The Morgan fingerprint density at radius 1 is 1.53 bits per heavy atom. The second-order valence-electron chi connectivity index (χ2n) is 4.31. The van der Waals surface area contributed by atoms with Crippen LogP contribution in [0.4, 0.5) is 4.79 Å². The van der Waals surface area contributed by atoms with Crippen LogP contribution in [0, 0.1) is 0 Å². The van der Waals surface area contributed by atoms with E-state index in [-0.39, 0.29) is 12.2 Å². The summed E-state index contributed by atoms with van der Waals surface area (Å²) >= 11 is 5.99.